The van der Waals surface area contributed by atoms with Crippen molar-refractivity contribution >= 4 is 15.9 Å². The molecule has 0 radical (unpaired) electrons. The Morgan fingerprint density at radius 3 is 2.93 bits per heavy atom. The van der Waals surface area contributed by atoms with Crippen LogP contribution < -0.4 is 10.1 Å². The number of ether oxygens (including phenoxy) is 1. The molecule has 82 valence electrons. The quantitative estimate of drug-likeness (QED) is 0.895. The Bertz CT molecular complexity index is 381. The third-order valence-corrected chi connectivity index (χ3v) is 3.06. The molecule has 1 atom stereocenters. The number of halogens is 2. The second kappa shape index (κ2) is 4.10. The first kappa shape index (κ1) is 10.9. The maximum absolute atomic E-state index is 13.4. The van der Waals surface area contributed by atoms with Crippen LogP contribution in [0.25, 0.3) is 0 Å². The lowest BCUT2D eigenvalue weighted by Crippen LogP contribution is -2.29. The first-order valence-corrected chi connectivity index (χ1v) is 5.75. The molecule has 0 bridgehead atoms. The maximum Gasteiger partial charge on any atom is 0.165 e. The topological polar surface area (TPSA) is 21.3 Å². The van der Waals surface area contributed by atoms with Crippen molar-refractivity contribution in [3.05, 3.63) is 28.0 Å². The molecule has 0 aromatic heterocycles. The average Bonchev–Trinajstić information content (AvgIpc) is 2.56. The van der Waals surface area contributed by atoms with Crippen LogP contribution in [0.3, 0.4) is 0 Å². The van der Waals surface area contributed by atoms with Crippen LogP contribution in [0.15, 0.2) is 16.6 Å². The molecule has 0 saturated carbocycles. The first-order valence-electron chi connectivity index (χ1n) is 4.96. The summed E-state index contributed by atoms with van der Waals surface area (Å²) in [5.41, 5.74) is 0.892. The Kier molecular flexibility index (Phi) is 2.98. The minimum atomic E-state index is -0.291. The van der Waals surface area contributed by atoms with Gasteiger partial charge in [-0.05, 0) is 12.1 Å². The van der Waals surface area contributed by atoms with Crippen molar-refractivity contribution in [2.24, 2.45) is 0 Å². The van der Waals surface area contributed by atoms with Crippen LogP contribution in [0.1, 0.15) is 25.5 Å². The summed E-state index contributed by atoms with van der Waals surface area (Å²) < 4.78 is 19.7. The number of benzene rings is 1. The highest BCUT2D eigenvalue weighted by atomic mass is 79.9. The van der Waals surface area contributed by atoms with Gasteiger partial charge in [0, 0.05) is 16.1 Å². The summed E-state index contributed by atoms with van der Waals surface area (Å²) in [5, 5.41) is 3.34. The van der Waals surface area contributed by atoms with E-state index in [9.17, 15) is 4.39 Å². The number of fused-ring (bicyclic) bond motifs is 1. The van der Waals surface area contributed by atoms with Crippen molar-refractivity contribution in [1.29, 1.82) is 0 Å². The minimum absolute atomic E-state index is 0.0741. The van der Waals surface area contributed by atoms with E-state index < -0.39 is 0 Å². The molecular weight excluding hydrogens is 261 g/mol. The predicted molar refractivity (Wildman–Crippen MR) is 60.6 cm³/mol. The maximum atomic E-state index is 13.4. The molecule has 1 heterocycles. The first-order chi connectivity index (χ1) is 7.09. The normalized spacial score (nSPS) is 19.1. The summed E-state index contributed by atoms with van der Waals surface area (Å²) in [6.07, 6.45) is 0. The van der Waals surface area contributed by atoms with E-state index in [4.69, 9.17) is 4.74 Å². The van der Waals surface area contributed by atoms with Gasteiger partial charge in [0.05, 0.1) is 6.04 Å². The fourth-order valence-electron chi connectivity index (χ4n) is 1.80. The van der Waals surface area contributed by atoms with Crippen molar-refractivity contribution in [3.8, 4) is 5.75 Å². The fraction of sp³-hybridized carbons (Fsp3) is 0.455. The molecule has 0 amide bonds. The monoisotopic (exact) mass is 273 g/mol. The summed E-state index contributed by atoms with van der Waals surface area (Å²) in [6.45, 7) is 4.61. The largest absolute Gasteiger partial charge is 0.488 e. The van der Waals surface area contributed by atoms with Crippen LogP contribution >= 0.6 is 15.9 Å². The molecule has 4 heteroatoms. The second-order valence-electron chi connectivity index (χ2n) is 3.96. The van der Waals surface area contributed by atoms with E-state index in [1.54, 1.807) is 6.07 Å². The lowest BCUT2D eigenvalue weighted by molar-refractivity contribution is 0.293. The summed E-state index contributed by atoms with van der Waals surface area (Å²) in [6, 6.07) is 3.56. The third kappa shape index (κ3) is 2.01. The van der Waals surface area contributed by atoms with Gasteiger partial charge in [-0.1, -0.05) is 29.8 Å². The average molecular weight is 274 g/mol. The van der Waals surface area contributed by atoms with E-state index in [1.165, 1.54) is 6.07 Å². The van der Waals surface area contributed by atoms with E-state index in [-0.39, 0.29) is 11.9 Å². The van der Waals surface area contributed by atoms with Crippen LogP contribution in [0, 0.1) is 5.82 Å². The minimum Gasteiger partial charge on any atom is -0.488 e. The van der Waals surface area contributed by atoms with Gasteiger partial charge in [0.25, 0.3) is 0 Å². The van der Waals surface area contributed by atoms with E-state index in [0.717, 1.165) is 10.0 Å². The molecule has 1 unspecified atom stereocenters. The summed E-state index contributed by atoms with van der Waals surface area (Å²) >= 11 is 3.43. The zero-order valence-corrected chi connectivity index (χ0v) is 10.3. The van der Waals surface area contributed by atoms with Crippen molar-refractivity contribution in [2.45, 2.75) is 25.9 Å². The summed E-state index contributed by atoms with van der Waals surface area (Å²) in [7, 11) is 0. The molecular formula is C11H13BrFNO. The van der Waals surface area contributed by atoms with Crippen LogP contribution in [-0.4, -0.2) is 12.6 Å². The molecule has 2 rings (SSSR count). The van der Waals surface area contributed by atoms with Gasteiger partial charge in [0.2, 0.25) is 0 Å². The SMILES string of the molecule is CC(C)NC1COc2c(F)ccc(Br)c21. The zero-order valence-electron chi connectivity index (χ0n) is 8.68. The van der Waals surface area contributed by atoms with Crippen LogP contribution in [0.5, 0.6) is 5.75 Å². The number of nitrogens with one attached hydrogen (secondary N) is 1. The highest BCUT2D eigenvalue weighted by molar-refractivity contribution is 9.10. The van der Waals surface area contributed by atoms with Gasteiger partial charge >= 0.3 is 0 Å². The number of hydrogen-bond donors (Lipinski definition) is 1. The van der Waals surface area contributed by atoms with Gasteiger partial charge in [-0.15, -0.1) is 0 Å². The molecule has 1 aliphatic heterocycles. The highest BCUT2D eigenvalue weighted by Crippen LogP contribution is 2.39. The molecule has 15 heavy (non-hydrogen) atoms. The Balaban J connectivity index is 2.37. The van der Waals surface area contributed by atoms with E-state index in [2.05, 4.69) is 35.1 Å². The van der Waals surface area contributed by atoms with E-state index in [0.29, 0.717) is 18.4 Å². The molecule has 0 fully saturated rings. The van der Waals surface area contributed by atoms with Crippen molar-refractivity contribution in [3.63, 3.8) is 0 Å². The Hall–Kier alpha value is -0.610. The second-order valence-corrected chi connectivity index (χ2v) is 4.81. The van der Waals surface area contributed by atoms with Crippen LogP contribution in [0.2, 0.25) is 0 Å². The van der Waals surface area contributed by atoms with Gasteiger partial charge < -0.3 is 10.1 Å². The zero-order chi connectivity index (χ0) is 11.0. The molecule has 1 N–H and O–H groups in total. The molecule has 2 nitrogen and oxygen atoms in total. The van der Waals surface area contributed by atoms with Gasteiger partial charge in [-0.2, -0.15) is 0 Å². The smallest absolute Gasteiger partial charge is 0.165 e. The Morgan fingerprint density at radius 2 is 2.27 bits per heavy atom. The van der Waals surface area contributed by atoms with Gasteiger partial charge in [-0.3, -0.25) is 0 Å². The van der Waals surface area contributed by atoms with Gasteiger partial charge in [-0.25, -0.2) is 4.39 Å². The lowest BCUT2D eigenvalue weighted by atomic mass is 10.1. The number of hydrogen-bond acceptors (Lipinski definition) is 2. The van der Waals surface area contributed by atoms with Gasteiger partial charge in [0.1, 0.15) is 6.61 Å². The van der Waals surface area contributed by atoms with Gasteiger partial charge in [0.15, 0.2) is 11.6 Å². The molecule has 0 aliphatic carbocycles. The van der Waals surface area contributed by atoms with E-state index in [1.807, 2.05) is 0 Å². The Labute approximate surface area is 96.9 Å². The lowest BCUT2D eigenvalue weighted by Gasteiger charge is -2.15. The molecule has 0 saturated heterocycles. The van der Waals surface area contributed by atoms with Crippen molar-refractivity contribution in [1.82, 2.24) is 5.32 Å². The molecule has 1 aromatic carbocycles. The molecule has 1 aliphatic rings. The predicted octanol–water partition coefficient (Wildman–Crippen LogP) is 3.02. The standard InChI is InChI=1S/C11H13BrFNO/c1-6(2)14-9-5-15-11-8(13)4-3-7(12)10(9)11/h3-4,6,9,14H,5H2,1-2H3. The van der Waals surface area contributed by atoms with Crippen LogP contribution in [-0.2, 0) is 0 Å². The summed E-state index contributed by atoms with van der Waals surface area (Å²) in [4.78, 5) is 0. The van der Waals surface area contributed by atoms with Crippen molar-refractivity contribution in [2.75, 3.05) is 6.61 Å². The molecule has 0 spiro atoms. The molecule has 1 aromatic rings. The fourth-order valence-corrected chi connectivity index (χ4v) is 2.39. The summed E-state index contributed by atoms with van der Waals surface area (Å²) in [5.74, 6) is 0.0868. The van der Waals surface area contributed by atoms with Crippen molar-refractivity contribution < 1.29 is 9.13 Å². The third-order valence-electron chi connectivity index (χ3n) is 2.37. The number of rotatable bonds is 2. The highest BCUT2D eigenvalue weighted by Gasteiger charge is 2.29. The van der Waals surface area contributed by atoms with E-state index >= 15 is 0 Å². The van der Waals surface area contributed by atoms with Crippen LogP contribution in [0.4, 0.5) is 4.39 Å². The Morgan fingerprint density at radius 1 is 1.53 bits per heavy atom.